The van der Waals surface area contributed by atoms with E-state index in [2.05, 4.69) is 53.0 Å². The number of carbonyl (C=O) groups excluding carboxylic acids is 1. The van der Waals surface area contributed by atoms with E-state index in [-0.39, 0.29) is 5.91 Å². The number of nitrogens with zero attached hydrogens (tertiary/aromatic N) is 2. The van der Waals surface area contributed by atoms with Crippen LogP contribution < -0.4 is 5.43 Å². The zero-order chi connectivity index (χ0) is 23.8. The van der Waals surface area contributed by atoms with Crippen LogP contribution in [-0.2, 0) is 0 Å². The number of carbonyl (C=O) groups is 1. The third-order valence-corrected chi connectivity index (χ3v) is 8.35. The lowest BCUT2D eigenvalue weighted by Crippen LogP contribution is -2.45. The summed E-state index contributed by atoms with van der Waals surface area (Å²) in [5, 5.41) is 3.16. The van der Waals surface area contributed by atoms with Crippen molar-refractivity contribution in [3.8, 4) is 16.9 Å². The Bertz CT molecular complexity index is 1160. The maximum absolute atomic E-state index is 13.3. The van der Waals surface area contributed by atoms with Gasteiger partial charge in [0.1, 0.15) is 0 Å². The Morgan fingerprint density at radius 3 is 2.21 bits per heavy atom. The Labute approximate surface area is 208 Å². The molecule has 2 heterocycles. The number of hydrazine groups is 1. The SMILES string of the molecule is Cc1c(C(=O)NN2CCCCC2)cc(-c2ccc(Cl)cc2Cl)n1-c1ccc(S(C)(C)C)cc1. The molecule has 3 aromatic rings. The zero-order valence-electron chi connectivity index (χ0n) is 19.6. The molecule has 33 heavy (non-hydrogen) atoms. The molecule has 1 aliphatic heterocycles. The summed E-state index contributed by atoms with van der Waals surface area (Å²) in [5.41, 5.74) is 7.33. The number of piperidine rings is 1. The predicted octanol–water partition coefficient (Wildman–Crippen LogP) is 6.94. The van der Waals surface area contributed by atoms with Crippen molar-refractivity contribution in [3.05, 3.63) is 69.8 Å². The van der Waals surface area contributed by atoms with Gasteiger partial charge in [-0.05, 0) is 92.0 Å². The number of hydrogen-bond donors (Lipinski definition) is 1. The maximum Gasteiger partial charge on any atom is 0.267 e. The largest absolute Gasteiger partial charge is 0.313 e. The highest BCUT2D eigenvalue weighted by Crippen LogP contribution is 2.45. The van der Waals surface area contributed by atoms with Gasteiger partial charge in [0.25, 0.3) is 5.91 Å². The van der Waals surface area contributed by atoms with Crippen LogP contribution in [0.4, 0.5) is 0 Å². The Kier molecular flexibility index (Phi) is 7.15. The molecule has 1 aromatic heterocycles. The molecule has 0 bridgehead atoms. The highest BCUT2D eigenvalue weighted by Gasteiger charge is 2.23. The smallest absolute Gasteiger partial charge is 0.267 e. The Morgan fingerprint density at radius 2 is 1.61 bits per heavy atom. The molecule has 0 radical (unpaired) electrons. The Morgan fingerprint density at radius 1 is 0.939 bits per heavy atom. The molecule has 0 unspecified atom stereocenters. The molecule has 4 nitrogen and oxygen atoms in total. The van der Waals surface area contributed by atoms with Gasteiger partial charge in [0, 0.05) is 35.1 Å². The minimum absolute atomic E-state index is 0.0877. The highest BCUT2D eigenvalue weighted by atomic mass is 35.5. The first-order valence-corrected chi connectivity index (χ1v) is 14.8. The molecular formula is C26H31Cl2N3OS. The van der Waals surface area contributed by atoms with Gasteiger partial charge >= 0.3 is 0 Å². The molecule has 0 spiro atoms. The van der Waals surface area contributed by atoms with Crippen molar-refractivity contribution in [3.63, 3.8) is 0 Å². The number of halogens is 2. The average Bonchev–Trinajstić information content (AvgIpc) is 3.11. The molecule has 0 aliphatic carbocycles. The molecule has 1 saturated heterocycles. The summed E-state index contributed by atoms with van der Waals surface area (Å²) in [7, 11) is -0.825. The predicted molar refractivity (Wildman–Crippen MR) is 142 cm³/mol. The monoisotopic (exact) mass is 503 g/mol. The van der Waals surface area contributed by atoms with Crippen molar-refractivity contribution >= 4 is 39.1 Å². The Hall–Kier alpha value is -1.92. The Balaban J connectivity index is 1.80. The number of amides is 1. The number of benzene rings is 2. The quantitative estimate of drug-likeness (QED) is 0.409. The van der Waals surface area contributed by atoms with Gasteiger partial charge in [0.05, 0.1) is 16.3 Å². The standard InChI is InChI=1S/C26H31Cl2N3OS/c1-18-23(26(32)29-30-14-6-5-7-15-30)17-25(22-13-8-19(27)16-24(22)28)31(18)20-9-11-21(12-10-20)33(2,3)4/h8-13,16-17H,5-7,14-15H2,1-4H3,(H,29,32). The third kappa shape index (κ3) is 5.27. The number of rotatable bonds is 5. The van der Waals surface area contributed by atoms with E-state index in [1.165, 1.54) is 11.3 Å². The van der Waals surface area contributed by atoms with Crippen LogP contribution in [0, 0.1) is 6.92 Å². The van der Waals surface area contributed by atoms with Crippen LogP contribution in [0.1, 0.15) is 35.3 Å². The van der Waals surface area contributed by atoms with Crippen LogP contribution in [0.2, 0.25) is 10.0 Å². The first kappa shape index (κ1) is 24.2. The van der Waals surface area contributed by atoms with Gasteiger partial charge in [-0.2, -0.15) is 0 Å². The molecule has 0 atom stereocenters. The molecule has 1 N–H and O–H groups in total. The van der Waals surface area contributed by atoms with Gasteiger partial charge < -0.3 is 4.57 Å². The number of hydrogen-bond acceptors (Lipinski definition) is 2. The number of aromatic nitrogens is 1. The fraction of sp³-hybridized carbons (Fsp3) is 0.346. The molecule has 7 heteroatoms. The fourth-order valence-electron chi connectivity index (χ4n) is 4.28. The van der Waals surface area contributed by atoms with Crippen LogP contribution in [0.5, 0.6) is 0 Å². The zero-order valence-corrected chi connectivity index (χ0v) is 21.9. The van der Waals surface area contributed by atoms with E-state index in [1.54, 1.807) is 6.07 Å². The topological polar surface area (TPSA) is 37.3 Å². The van der Waals surface area contributed by atoms with Crippen molar-refractivity contribution in [2.45, 2.75) is 31.1 Å². The van der Waals surface area contributed by atoms with E-state index in [1.807, 2.05) is 30.1 Å². The molecule has 1 fully saturated rings. The van der Waals surface area contributed by atoms with Gasteiger partial charge in [0.15, 0.2) is 0 Å². The van der Waals surface area contributed by atoms with Gasteiger partial charge in [-0.3, -0.25) is 10.2 Å². The van der Waals surface area contributed by atoms with Crippen LogP contribution in [-0.4, -0.2) is 47.3 Å². The van der Waals surface area contributed by atoms with Gasteiger partial charge in [-0.1, -0.05) is 29.6 Å². The minimum Gasteiger partial charge on any atom is -0.313 e. The highest BCUT2D eigenvalue weighted by molar-refractivity contribution is 8.32. The van der Waals surface area contributed by atoms with Crippen LogP contribution in [0.25, 0.3) is 16.9 Å². The van der Waals surface area contributed by atoms with E-state index < -0.39 is 10.0 Å². The molecule has 176 valence electrons. The van der Waals surface area contributed by atoms with Crippen molar-refractivity contribution in [2.24, 2.45) is 0 Å². The van der Waals surface area contributed by atoms with Crippen LogP contribution in [0.15, 0.2) is 53.4 Å². The van der Waals surface area contributed by atoms with Gasteiger partial charge in [0.2, 0.25) is 0 Å². The van der Waals surface area contributed by atoms with E-state index >= 15 is 0 Å². The van der Waals surface area contributed by atoms with Crippen molar-refractivity contribution in [1.82, 2.24) is 15.0 Å². The molecule has 0 saturated carbocycles. The summed E-state index contributed by atoms with van der Waals surface area (Å²) < 4.78 is 2.11. The molecule has 2 aromatic carbocycles. The van der Waals surface area contributed by atoms with Crippen molar-refractivity contribution in [1.29, 1.82) is 0 Å². The lowest BCUT2D eigenvalue weighted by Gasteiger charge is -2.26. The van der Waals surface area contributed by atoms with Crippen molar-refractivity contribution < 1.29 is 4.79 Å². The average molecular weight is 505 g/mol. The summed E-state index contributed by atoms with van der Waals surface area (Å²) in [6, 6.07) is 16.0. The summed E-state index contributed by atoms with van der Waals surface area (Å²) in [6.45, 7) is 3.76. The lowest BCUT2D eigenvalue weighted by atomic mass is 10.1. The summed E-state index contributed by atoms with van der Waals surface area (Å²) in [5.74, 6) is -0.0877. The summed E-state index contributed by atoms with van der Waals surface area (Å²) in [4.78, 5) is 14.6. The minimum atomic E-state index is -0.825. The first-order chi connectivity index (χ1) is 15.6. The van der Waals surface area contributed by atoms with Gasteiger partial charge in [-0.25, -0.2) is 15.0 Å². The maximum atomic E-state index is 13.3. The van der Waals surface area contributed by atoms with E-state index in [9.17, 15) is 4.79 Å². The molecular weight excluding hydrogens is 473 g/mol. The van der Waals surface area contributed by atoms with Crippen LogP contribution >= 0.6 is 33.2 Å². The second kappa shape index (κ2) is 9.75. The molecule has 1 aliphatic rings. The second-order valence-electron chi connectivity index (χ2n) is 9.31. The van der Waals surface area contributed by atoms with E-state index in [0.29, 0.717) is 15.6 Å². The molecule has 1 amide bonds. The van der Waals surface area contributed by atoms with Crippen molar-refractivity contribution in [2.75, 3.05) is 31.9 Å². The number of nitrogens with one attached hydrogen (secondary N) is 1. The summed E-state index contributed by atoms with van der Waals surface area (Å²) in [6.07, 6.45) is 10.3. The van der Waals surface area contributed by atoms with E-state index in [0.717, 1.165) is 48.6 Å². The van der Waals surface area contributed by atoms with Gasteiger partial charge in [-0.15, -0.1) is 0 Å². The van der Waals surface area contributed by atoms with E-state index in [4.69, 9.17) is 23.2 Å². The normalized spacial score (nSPS) is 15.5. The summed E-state index contributed by atoms with van der Waals surface area (Å²) >= 11 is 12.8. The molecule has 4 rings (SSSR count). The first-order valence-electron chi connectivity index (χ1n) is 11.2. The third-order valence-electron chi connectivity index (χ3n) is 6.12. The second-order valence-corrected chi connectivity index (χ2v) is 14.3. The van der Waals surface area contributed by atoms with Crippen LogP contribution in [0.3, 0.4) is 0 Å². The lowest BCUT2D eigenvalue weighted by molar-refractivity contribution is 0.0749. The fourth-order valence-corrected chi connectivity index (χ4v) is 5.74.